The van der Waals surface area contributed by atoms with Crippen molar-refractivity contribution in [3.8, 4) is 0 Å². The van der Waals surface area contributed by atoms with Gasteiger partial charge < -0.3 is 9.47 Å². The maximum Gasteiger partial charge on any atom is 0.411 e. The molecule has 0 N–H and O–H groups in total. The zero-order chi connectivity index (χ0) is 20.0. The van der Waals surface area contributed by atoms with E-state index in [1.54, 1.807) is 20.8 Å². The third kappa shape index (κ3) is 6.33. The number of rotatable bonds is 6. The quantitative estimate of drug-likeness (QED) is 0.562. The van der Waals surface area contributed by atoms with Gasteiger partial charge in [-0.3, -0.25) is 9.69 Å². The molecule has 0 aliphatic heterocycles. The monoisotopic (exact) mass is 377 g/mol. The van der Waals surface area contributed by atoms with Crippen molar-refractivity contribution in [1.29, 1.82) is 0 Å². The number of benzene rings is 1. The Morgan fingerprint density at radius 3 is 2.15 bits per heavy atom. The number of amides is 1. The zero-order valence-electron chi connectivity index (χ0n) is 17.0. The molecular weight excluding hydrogens is 346 g/mol. The highest BCUT2D eigenvalue weighted by atomic mass is 28.3. The first kappa shape index (κ1) is 22.0. The van der Waals surface area contributed by atoms with E-state index in [2.05, 4.69) is 25.2 Å². The molecule has 0 bridgehead atoms. The minimum atomic E-state index is -1.98. The van der Waals surface area contributed by atoms with E-state index in [1.165, 1.54) is 17.2 Å². The number of esters is 1. The Balaban J connectivity index is 3.10. The molecule has 144 valence electrons. The van der Waals surface area contributed by atoms with E-state index >= 15 is 0 Å². The maximum atomic E-state index is 12.6. The van der Waals surface area contributed by atoms with Crippen LogP contribution in [0.1, 0.15) is 27.7 Å². The van der Waals surface area contributed by atoms with Crippen molar-refractivity contribution in [3.05, 3.63) is 41.6 Å². The van der Waals surface area contributed by atoms with Gasteiger partial charge in [-0.2, -0.15) is 0 Å². The molecule has 0 spiro atoms. The van der Waals surface area contributed by atoms with Crippen LogP contribution >= 0.6 is 0 Å². The number of nitrogens with zero attached hydrogens (tertiary/aromatic N) is 1. The highest BCUT2D eigenvalue weighted by Crippen LogP contribution is 2.19. The number of carbonyl (C=O) groups excluding carboxylic acids is 2. The second-order valence-electron chi connectivity index (χ2n) is 7.72. The van der Waals surface area contributed by atoms with Crippen molar-refractivity contribution in [3.63, 3.8) is 0 Å². The molecule has 0 saturated heterocycles. The van der Waals surface area contributed by atoms with E-state index in [-0.39, 0.29) is 6.54 Å². The number of ether oxygens (including phenoxy) is 2. The largest absolute Gasteiger partial charge is 0.468 e. The van der Waals surface area contributed by atoms with E-state index < -0.39 is 25.7 Å². The molecular formula is C20H31NO4Si. The van der Waals surface area contributed by atoms with E-state index in [0.29, 0.717) is 6.54 Å². The second-order valence-corrected chi connectivity index (χ2v) is 12.2. The fraction of sp³-hybridized carbons (Fsp3) is 0.500. The fourth-order valence-corrected chi connectivity index (χ4v) is 5.33. The molecule has 1 amide bonds. The molecule has 6 heteroatoms. The lowest BCUT2D eigenvalue weighted by Gasteiger charge is -2.32. The Hall–Kier alpha value is -2.08. The Labute approximate surface area is 158 Å². The summed E-state index contributed by atoms with van der Waals surface area (Å²) in [6, 6.07) is 10.3. The first-order valence-electron chi connectivity index (χ1n) is 8.77. The van der Waals surface area contributed by atoms with Gasteiger partial charge in [0.15, 0.2) is 0 Å². The van der Waals surface area contributed by atoms with Crippen LogP contribution in [0.2, 0.25) is 13.1 Å². The Morgan fingerprint density at radius 2 is 1.69 bits per heavy atom. The van der Waals surface area contributed by atoms with Crippen molar-refractivity contribution >= 4 is 25.3 Å². The summed E-state index contributed by atoms with van der Waals surface area (Å²) in [5.41, 5.74) is -0.631. The Kier molecular flexibility index (Phi) is 7.63. The molecule has 0 aromatic heterocycles. The van der Waals surface area contributed by atoms with Crippen molar-refractivity contribution in [2.45, 2.75) is 46.4 Å². The SMILES string of the molecule is C/C=C(/CN(CC(=O)OC)C(=O)OC(C)(C)C)[Si](C)(C)c1ccccc1. The van der Waals surface area contributed by atoms with Crippen LogP contribution in [0, 0.1) is 0 Å². The van der Waals surface area contributed by atoms with E-state index in [4.69, 9.17) is 9.47 Å². The molecule has 1 aromatic carbocycles. The number of methoxy groups -OCH3 is 1. The number of hydrogen-bond donors (Lipinski definition) is 0. The molecule has 1 aromatic rings. The molecule has 0 atom stereocenters. The minimum absolute atomic E-state index is 0.137. The Morgan fingerprint density at radius 1 is 1.12 bits per heavy atom. The van der Waals surface area contributed by atoms with Crippen molar-refractivity contribution in [2.75, 3.05) is 20.2 Å². The van der Waals surface area contributed by atoms with Gasteiger partial charge in [0.1, 0.15) is 20.2 Å². The fourth-order valence-electron chi connectivity index (χ4n) is 2.63. The van der Waals surface area contributed by atoms with E-state index in [0.717, 1.165) is 5.20 Å². The smallest absolute Gasteiger partial charge is 0.411 e. The van der Waals surface area contributed by atoms with Crippen LogP contribution in [-0.2, 0) is 14.3 Å². The van der Waals surface area contributed by atoms with Crippen molar-refractivity contribution in [1.82, 2.24) is 4.90 Å². The van der Waals surface area contributed by atoms with Crippen LogP contribution in [0.25, 0.3) is 0 Å². The molecule has 0 fully saturated rings. The summed E-state index contributed by atoms with van der Waals surface area (Å²) in [5, 5.41) is 2.42. The molecule has 0 radical (unpaired) electrons. The molecule has 0 unspecified atom stereocenters. The summed E-state index contributed by atoms with van der Waals surface area (Å²) >= 11 is 0. The first-order valence-corrected chi connectivity index (χ1v) is 11.8. The van der Waals surface area contributed by atoms with Crippen LogP contribution in [0.4, 0.5) is 4.79 Å². The van der Waals surface area contributed by atoms with Crippen LogP contribution < -0.4 is 5.19 Å². The lowest BCUT2D eigenvalue weighted by Crippen LogP contribution is -2.49. The highest BCUT2D eigenvalue weighted by molar-refractivity contribution is 6.95. The van der Waals surface area contributed by atoms with Gasteiger partial charge in [-0.1, -0.05) is 59.9 Å². The summed E-state index contributed by atoms with van der Waals surface area (Å²) in [6.45, 7) is 12.1. The lowest BCUT2D eigenvalue weighted by molar-refractivity contribution is -0.141. The van der Waals surface area contributed by atoms with E-state index in [1.807, 2.05) is 31.2 Å². The minimum Gasteiger partial charge on any atom is -0.468 e. The van der Waals surface area contributed by atoms with E-state index in [9.17, 15) is 9.59 Å². The van der Waals surface area contributed by atoms with Crippen molar-refractivity contribution in [2.24, 2.45) is 0 Å². The summed E-state index contributed by atoms with van der Waals surface area (Å²) < 4.78 is 10.2. The van der Waals surface area contributed by atoms with Crippen LogP contribution in [0.5, 0.6) is 0 Å². The number of carbonyl (C=O) groups is 2. The normalized spacial score (nSPS) is 12.5. The molecule has 0 aliphatic rings. The number of allylic oxidation sites excluding steroid dienone is 1. The molecule has 1 rings (SSSR count). The summed E-state index contributed by atoms with van der Waals surface area (Å²) in [5.74, 6) is -0.467. The molecule has 0 heterocycles. The highest BCUT2D eigenvalue weighted by Gasteiger charge is 2.32. The molecule has 26 heavy (non-hydrogen) atoms. The summed E-state index contributed by atoms with van der Waals surface area (Å²) in [4.78, 5) is 25.8. The zero-order valence-corrected chi connectivity index (χ0v) is 18.0. The Bertz CT molecular complexity index is 648. The van der Waals surface area contributed by atoms with Gasteiger partial charge in [-0.15, -0.1) is 0 Å². The van der Waals surface area contributed by atoms with Gasteiger partial charge in [0, 0.05) is 6.54 Å². The topological polar surface area (TPSA) is 55.8 Å². The van der Waals surface area contributed by atoms with Crippen LogP contribution in [0.3, 0.4) is 0 Å². The van der Waals surface area contributed by atoms with Crippen LogP contribution in [0.15, 0.2) is 41.6 Å². The first-order chi connectivity index (χ1) is 12.0. The summed E-state index contributed by atoms with van der Waals surface area (Å²) in [7, 11) is -0.664. The summed E-state index contributed by atoms with van der Waals surface area (Å²) in [6.07, 6.45) is 1.54. The van der Waals surface area contributed by atoms with Gasteiger partial charge in [0.05, 0.1) is 7.11 Å². The standard InChI is InChI=1S/C20H31NO4Si/c1-8-16(26(6,7)17-12-10-9-11-13-17)14-21(15-18(22)24-5)19(23)25-20(2,3)4/h8-13H,14-15H2,1-7H3/b16-8-. The second kappa shape index (κ2) is 9.03. The predicted molar refractivity (Wildman–Crippen MR) is 107 cm³/mol. The van der Waals surface area contributed by atoms with Gasteiger partial charge >= 0.3 is 12.1 Å². The average Bonchev–Trinajstić information content (AvgIpc) is 2.57. The van der Waals surface area contributed by atoms with Gasteiger partial charge in [-0.05, 0) is 27.7 Å². The van der Waals surface area contributed by atoms with Gasteiger partial charge in [-0.25, -0.2) is 4.79 Å². The number of hydrogen-bond acceptors (Lipinski definition) is 4. The third-order valence-electron chi connectivity index (χ3n) is 4.21. The third-order valence-corrected chi connectivity index (χ3v) is 8.04. The van der Waals surface area contributed by atoms with Gasteiger partial charge in [0.25, 0.3) is 0 Å². The van der Waals surface area contributed by atoms with Gasteiger partial charge in [0.2, 0.25) is 0 Å². The molecule has 0 saturated carbocycles. The molecule has 5 nitrogen and oxygen atoms in total. The average molecular weight is 378 g/mol. The maximum absolute atomic E-state index is 12.6. The van der Waals surface area contributed by atoms with Crippen LogP contribution in [-0.4, -0.2) is 50.8 Å². The lowest BCUT2D eigenvalue weighted by atomic mass is 10.2. The molecule has 0 aliphatic carbocycles. The van der Waals surface area contributed by atoms with Crippen molar-refractivity contribution < 1.29 is 19.1 Å². The predicted octanol–water partition coefficient (Wildman–Crippen LogP) is 3.50.